The second-order valence-electron chi connectivity index (χ2n) is 6.20. The summed E-state index contributed by atoms with van der Waals surface area (Å²) >= 11 is 0. The molecule has 2 aromatic carbocycles. The van der Waals surface area contributed by atoms with Crippen LogP contribution >= 0.6 is 0 Å². The van der Waals surface area contributed by atoms with Gasteiger partial charge in [-0.25, -0.2) is 9.36 Å². The molecule has 1 heterocycles. The van der Waals surface area contributed by atoms with E-state index in [-0.39, 0.29) is 16.9 Å². The van der Waals surface area contributed by atoms with E-state index in [0.29, 0.717) is 11.3 Å². The monoisotopic (exact) mass is 380 g/mol. The van der Waals surface area contributed by atoms with Crippen molar-refractivity contribution in [2.75, 3.05) is 5.32 Å². The van der Waals surface area contributed by atoms with Gasteiger partial charge in [0.05, 0.1) is 10.6 Å². The van der Waals surface area contributed by atoms with Gasteiger partial charge in [-0.3, -0.25) is 19.7 Å². The van der Waals surface area contributed by atoms with Crippen LogP contribution in [0.5, 0.6) is 0 Å². The summed E-state index contributed by atoms with van der Waals surface area (Å²) in [5.41, 5.74) is -0.0769. The second kappa shape index (κ2) is 7.31. The molecular formula is C19H16N4O5. The number of nitro groups is 1. The molecule has 9 heteroatoms. The molecule has 3 aromatic rings. The average molecular weight is 380 g/mol. The summed E-state index contributed by atoms with van der Waals surface area (Å²) in [7, 11) is 0. The number of rotatable bonds is 4. The molecule has 1 amide bonds. The Labute approximate surface area is 158 Å². The highest BCUT2D eigenvalue weighted by Gasteiger charge is 2.18. The molecule has 2 N–H and O–H groups in total. The van der Waals surface area contributed by atoms with Gasteiger partial charge in [-0.2, -0.15) is 0 Å². The third-order valence-corrected chi connectivity index (χ3v) is 4.18. The molecule has 142 valence electrons. The SMILES string of the molecule is Cc1ccc(-n2c(=O)[nH]cc(C(=O)Nc3ccc(C)c([N+](=O)[O-])c3)c2=O)cc1. The van der Waals surface area contributed by atoms with Gasteiger partial charge in [-0.15, -0.1) is 0 Å². The van der Waals surface area contributed by atoms with E-state index in [1.165, 1.54) is 18.2 Å². The Hall–Kier alpha value is -4.01. The highest BCUT2D eigenvalue weighted by atomic mass is 16.6. The number of hydrogen-bond acceptors (Lipinski definition) is 5. The Kier molecular flexibility index (Phi) is 4.90. The van der Waals surface area contributed by atoms with Crippen molar-refractivity contribution in [2.45, 2.75) is 13.8 Å². The zero-order chi connectivity index (χ0) is 20.4. The summed E-state index contributed by atoms with van der Waals surface area (Å²) in [6.07, 6.45) is 1.02. The first-order valence-corrected chi connectivity index (χ1v) is 8.26. The number of aryl methyl sites for hydroxylation is 2. The van der Waals surface area contributed by atoms with E-state index in [0.717, 1.165) is 16.3 Å². The zero-order valence-electron chi connectivity index (χ0n) is 15.1. The molecular weight excluding hydrogens is 364 g/mol. The predicted octanol–water partition coefficient (Wildman–Crippen LogP) is 2.30. The van der Waals surface area contributed by atoms with E-state index in [4.69, 9.17) is 0 Å². The minimum atomic E-state index is -0.799. The molecule has 28 heavy (non-hydrogen) atoms. The number of benzene rings is 2. The van der Waals surface area contributed by atoms with Crippen LogP contribution in [0.15, 0.2) is 58.3 Å². The molecule has 0 bridgehead atoms. The van der Waals surface area contributed by atoms with Gasteiger partial charge in [0.2, 0.25) is 0 Å². The first-order valence-electron chi connectivity index (χ1n) is 8.26. The van der Waals surface area contributed by atoms with E-state index in [9.17, 15) is 24.5 Å². The van der Waals surface area contributed by atoms with Gasteiger partial charge in [-0.1, -0.05) is 23.8 Å². The topological polar surface area (TPSA) is 127 Å². The fourth-order valence-corrected chi connectivity index (χ4v) is 2.65. The van der Waals surface area contributed by atoms with Crippen LogP contribution in [0.25, 0.3) is 5.69 Å². The summed E-state index contributed by atoms with van der Waals surface area (Å²) in [4.78, 5) is 50.2. The molecule has 0 spiro atoms. The second-order valence-corrected chi connectivity index (χ2v) is 6.20. The summed E-state index contributed by atoms with van der Waals surface area (Å²) in [5.74, 6) is -0.791. The first kappa shape index (κ1) is 18.8. The van der Waals surface area contributed by atoms with Gasteiger partial charge in [0.15, 0.2) is 0 Å². The maximum atomic E-state index is 12.7. The molecule has 1 aromatic heterocycles. The van der Waals surface area contributed by atoms with Crippen molar-refractivity contribution in [2.24, 2.45) is 0 Å². The number of hydrogen-bond donors (Lipinski definition) is 2. The van der Waals surface area contributed by atoms with Crippen LogP contribution in [-0.4, -0.2) is 20.4 Å². The number of H-pyrrole nitrogens is 1. The van der Waals surface area contributed by atoms with Crippen molar-refractivity contribution in [1.82, 2.24) is 9.55 Å². The summed E-state index contributed by atoms with van der Waals surface area (Å²) < 4.78 is 0.853. The lowest BCUT2D eigenvalue weighted by atomic mass is 10.2. The van der Waals surface area contributed by atoms with Crippen molar-refractivity contribution in [3.63, 3.8) is 0 Å². The van der Waals surface area contributed by atoms with Crippen LogP contribution in [0, 0.1) is 24.0 Å². The Morgan fingerprint density at radius 3 is 2.43 bits per heavy atom. The fraction of sp³-hybridized carbons (Fsp3) is 0.105. The van der Waals surface area contributed by atoms with Gasteiger partial charge in [0.1, 0.15) is 5.56 Å². The number of amides is 1. The third-order valence-electron chi connectivity index (χ3n) is 4.18. The molecule has 3 rings (SSSR count). The molecule has 0 saturated heterocycles. The highest BCUT2D eigenvalue weighted by Crippen LogP contribution is 2.22. The van der Waals surface area contributed by atoms with Crippen molar-refractivity contribution in [3.05, 3.63) is 96.3 Å². The van der Waals surface area contributed by atoms with E-state index >= 15 is 0 Å². The number of carbonyl (C=O) groups excluding carboxylic acids is 1. The molecule has 0 saturated carbocycles. The lowest BCUT2D eigenvalue weighted by Gasteiger charge is -2.09. The Bertz CT molecular complexity index is 1190. The van der Waals surface area contributed by atoms with Crippen molar-refractivity contribution in [3.8, 4) is 5.69 Å². The fourth-order valence-electron chi connectivity index (χ4n) is 2.65. The summed E-state index contributed by atoms with van der Waals surface area (Å²) in [6, 6.07) is 10.8. The Morgan fingerprint density at radius 1 is 1.11 bits per heavy atom. The number of carbonyl (C=O) groups is 1. The Balaban J connectivity index is 2.00. The van der Waals surface area contributed by atoms with Crippen LogP contribution in [0.3, 0.4) is 0 Å². The van der Waals surface area contributed by atoms with Gasteiger partial charge < -0.3 is 10.3 Å². The van der Waals surface area contributed by atoms with Crippen molar-refractivity contribution < 1.29 is 9.72 Å². The minimum Gasteiger partial charge on any atom is -0.322 e. The van der Waals surface area contributed by atoms with Gasteiger partial charge in [-0.05, 0) is 32.0 Å². The lowest BCUT2D eigenvalue weighted by molar-refractivity contribution is -0.385. The largest absolute Gasteiger partial charge is 0.333 e. The normalized spacial score (nSPS) is 10.5. The zero-order valence-corrected chi connectivity index (χ0v) is 15.1. The molecule has 0 unspecified atom stereocenters. The minimum absolute atomic E-state index is 0.156. The average Bonchev–Trinajstić information content (AvgIpc) is 2.64. The number of nitro benzene ring substituents is 1. The Morgan fingerprint density at radius 2 is 1.79 bits per heavy atom. The maximum Gasteiger partial charge on any atom is 0.333 e. The van der Waals surface area contributed by atoms with Crippen molar-refractivity contribution >= 4 is 17.3 Å². The van der Waals surface area contributed by atoms with Crippen LogP contribution in [0.4, 0.5) is 11.4 Å². The highest BCUT2D eigenvalue weighted by molar-refractivity contribution is 6.04. The standard InChI is InChI=1S/C19H16N4O5/c1-11-3-7-14(8-4-11)22-18(25)15(10-20-19(22)26)17(24)21-13-6-5-12(2)16(9-13)23(27)28/h3-10H,1-2H3,(H,20,26)(H,21,24). The molecule has 0 aliphatic heterocycles. The van der Waals surface area contributed by atoms with Crippen LogP contribution < -0.4 is 16.6 Å². The van der Waals surface area contributed by atoms with E-state index < -0.39 is 22.1 Å². The molecule has 0 atom stereocenters. The number of aromatic amines is 1. The van der Waals surface area contributed by atoms with E-state index in [2.05, 4.69) is 10.3 Å². The van der Waals surface area contributed by atoms with E-state index in [1.807, 2.05) is 6.92 Å². The predicted molar refractivity (Wildman–Crippen MR) is 103 cm³/mol. The van der Waals surface area contributed by atoms with Gasteiger partial charge >= 0.3 is 5.69 Å². The summed E-state index contributed by atoms with van der Waals surface area (Å²) in [6.45, 7) is 3.44. The first-order chi connectivity index (χ1) is 13.3. The molecule has 0 aliphatic carbocycles. The third kappa shape index (κ3) is 3.58. The van der Waals surface area contributed by atoms with Crippen molar-refractivity contribution in [1.29, 1.82) is 0 Å². The van der Waals surface area contributed by atoms with Crippen LogP contribution in [-0.2, 0) is 0 Å². The van der Waals surface area contributed by atoms with Crippen LogP contribution in [0.1, 0.15) is 21.5 Å². The smallest absolute Gasteiger partial charge is 0.322 e. The lowest BCUT2D eigenvalue weighted by Crippen LogP contribution is -2.38. The number of nitrogens with zero attached hydrogens (tertiary/aromatic N) is 2. The van der Waals surface area contributed by atoms with Gasteiger partial charge in [0, 0.05) is 23.5 Å². The number of aromatic nitrogens is 2. The molecule has 0 aliphatic rings. The van der Waals surface area contributed by atoms with Crippen LogP contribution in [0.2, 0.25) is 0 Å². The quantitative estimate of drug-likeness (QED) is 0.530. The maximum absolute atomic E-state index is 12.7. The number of nitrogens with one attached hydrogen (secondary N) is 2. The molecule has 0 fully saturated rings. The van der Waals surface area contributed by atoms with Gasteiger partial charge in [0.25, 0.3) is 17.2 Å². The molecule has 0 radical (unpaired) electrons. The summed E-state index contributed by atoms with van der Waals surface area (Å²) in [5, 5.41) is 13.5. The molecule has 9 nitrogen and oxygen atoms in total. The number of anilines is 1. The van der Waals surface area contributed by atoms with E-state index in [1.54, 1.807) is 31.2 Å².